The Morgan fingerprint density at radius 3 is 2.41 bits per heavy atom. The summed E-state index contributed by atoms with van der Waals surface area (Å²) in [6.45, 7) is 8.46. The highest BCUT2D eigenvalue weighted by Gasteiger charge is 2.25. The average molecular weight is 236 g/mol. The number of phenols is 1. The van der Waals surface area contributed by atoms with Gasteiger partial charge in [-0.3, -0.25) is 0 Å². The predicted molar refractivity (Wildman–Crippen MR) is 69.3 cm³/mol. The van der Waals surface area contributed by atoms with Crippen molar-refractivity contribution in [3.63, 3.8) is 0 Å². The molecule has 0 aliphatic rings. The standard InChI is InChI=1S/C13H20N2O2/c1-5-15(13(2,3)4)12(17)14-10-8-6-7-9-11(10)16/h6-9,16H,5H2,1-4H3,(H,14,17). The first-order valence-electron chi connectivity index (χ1n) is 5.73. The molecule has 4 heteroatoms. The zero-order chi connectivity index (χ0) is 13.1. The van der Waals surface area contributed by atoms with Crippen LogP contribution in [0.15, 0.2) is 24.3 Å². The molecule has 1 aromatic rings. The average Bonchev–Trinajstić information content (AvgIpc) is 2.20. The molecule has 0 fully saturated rings. The molecule has 1 aromatic carbocycles. The van der Waals surface area contributed by atoms with Gasteiger partial charge in [0.15, 0.2) is 0 Å². The number of nitrogens with zero attached hydrogens (tertiary/aromatic N) is 1. The molecule has 1 rings (SSSR count). The summed E-state index contributed by atoms with van der Waals surface area (Å²) in [5.41, 5.74) is 0.184. The third-order valence-corrected chi connectivity index (χ3v) is 2.52. The van der Waals surface area contributed by atoms with E-state index in [4.69, 9.17) is 0 Å². The molecule has 0 unspecified atom stereocenters. The van der Waals surface area contributed by atoms with Crippen LogP contribution in [-0.4, -0.2) is 28.1 Å². The maximum atomic E-state index is 12.0. The number of rotatable bonds is 2. The van der Waals surface area contributed by atoms with Crippen LogP contribution in [0.1, 0.15) is 27.7 Å². The number of carbonyl (C=O) groups excluding carboxylic acids is 1. The Balaban J connectivity index is 2.82. The minimum Gasteiger partial charge on any atom is -0.506 e. The first-order valence-corrected chi connectivity index (χ1v) is 5.73. The van der Waals surface area contributed by atoms with E-state index in [1.807, 2.05) is 27.7 Å². The number of anilines is 1. The number of hydrogen-bond donors (Lipinski definition) is 2. The summed E-state index contributed by atoms with van der Waals surface area (Å²) in [6, 6.07) is 6.49. The third kappa shape index (κ3) is 3.37. The summed E-state index contributed by atoms with van der Waals surface area (Å²) in [7, 11) is 0. The van der Waals surface area contributed by atoms with Gasteiger partial charge in [-0.25, -0.2) is 4.79 Å². The highest BCUT2D eigenvalue weighted by molar-refractivity contribution is 5.91. The van der Waals surface area contributed by atoms with Crippen LogP contribution in [0.3, 0.4) is 0 Å². The summed E-state index contributed by atoms with van der Waals surface area (Å²) >= 11 is 0. The van der Waals surface area contributed by atoms with Gasteiger partial charge in [-0.15, -0.1) is 0 Å². The molecular weight excluding hydrogens is 216 g/mol. The molecule has 0 heterocycles. The fourth-order valence-corrected chi connectivity index (χ4v) is 1.68. The van der Waals surface area contributed by atoms with Crippen LogP contribution >= 0.6 is 0 Å². The topological polar surface area (TPSA) is 52.6 Å². The van der Waals surface area contributed by atoms with Crippen molar-refractivity contribution in [2.24, 2.45) is 0 Å². The van der Waals surface area contributed by atoms with Crippen molar-refractivity contribution in [3.8, 4) is 5.75 Å². The van der Waals surface area contributed by atoms with E-state index in [2.05, 4.69) is 5.32 Å². The quantitative estimate of drug-likeness (QED) is 0.775. The molecular formula is C13H20N2O2. The van der Waals surface area contributed by atoms with Crippen LogP contribution in [0.2, 0.25) is 0 Å². The number of aromatic hydroxyl groups is 1. The highest BCUT2D eigenvalue weighted by Crippen LogP contribution is 2.23. The molecule has 94 valence electrons. The van der Waals surface area contributed by atoms with Gasteiger partial charge < -0.3 is 15.3 Å². The Hall–Kier alpha value is -1.71. The number of benzene rings is 1. The summed E-state index contributed by atoms with van der Waals surface area (Å²) in [5.74, 6) is 0.0748. The van der Waals surface area contributed by atoms with Crippen LogP contribution in [0.25, 0.3) is 0 Å². The van der Waals surface area contributed by atoms with E-state index in [1.165, 1.54) is 0 Å². The lowest BCUT2D eigenvalue weighted by Crippen LogP contribution is -2.47. The van der Waals surface area contributed by atoms with Crippen molar-refractivity contribution >= 4 is 11.7 Å². The zero-order valence-electron chi connectivity index (χ0n) is 10.8. The number of para-hydroxylation sites is 2. The third-order valence-electron chi connectivity index (χ3n) is 2.52. The normalized spacial score (nSPS) is 11.1. The molecule has 17 heavy (non-hydrogen) atoms. The van der Waals surface area contributed by atoms with Crippen molar-refractivity contribution in [1.82, 2.24) is 4.90 Å². The lowest BCUT2D eigenvalue weighted by atomic mass is 10.1. The van der Waals surface area contributed by atoms with Crippen LogP contribution in [0, 0.1) is 0 Å². The number of amides is 2. The van der Waals surface area contributed by atoms with E-state index in [-0.39, 0.29) is 17.3 Å². The smallest absolute Gasteiger partial charge is 0.322 e. The molecule has 0 atom stereocenters. The molecule has 0 spiro atoms. The van der Waals surface area contributed by atoms with Gasteiger partial charge in [-0.05, 0) is 39.8 Å². The number of carbonyl (C=O) groups is 1. The van der Waals surface area contributed by atoms with Gasteiger partial charge in [0.05, 0.1) is 5.69 Å². The molecule has 0 bridgehead atoms. The molecule has 0 aliphatic carbocycles. The van der Waals surface area contributed by atoms with Gasteiger partial charge in [0, 0.05) is 12.1 Å². The largest absolute Gasteiger partial charge is 0.506 e. The Kier molecular flexibility index (Phi) is 3.99. The molecule has 0 saturated carbocycles. The van der Waals surface area contributed by atoms with Crippen LogP contribution in [0.5, 0.6) is 5.75 Å². The van der Waals surface area contributed by atoms with Gasteiger partial charge >= 0.3 is 6.03 Å². The summed E-state index contributed by atoms with van der Waals surface area (Å²) in [6.07, 6.45) is 0. The van der Waals surface area contributed by atoms with E-state index in [1.54, 1.807) is 29.2 Å². The fraction of sp³-hybridized carbons (Fsp3) is 0.462. The minimum absolute atomic E-state index is 0.0748. The van der Waals surface area contributed by atoms with Crippen molar-refractivity contribution in [2.75, 3.05) is 11.9 Å². The van der Waals surface area contributed by atoms with E-state index in [0.717, 1.165) is 0 Å². The Morgan fingerprint density at radius 1 is 1.35 bits per heavy atom. The monoisotopic (exact) mass is 236 g/mol. The van der Waals surface area contributed by atoms with Gasteiger partial charge in [0.2, 0.25) is 0 Å². The molecule has 0 aliphatic heterocycles. The Labute approximate surface area is 102 Å². The molecule has 4 nitrogen and oxygen atoms in total. The van der Waals surface area contributed by atoms with E-state index >= 15 is 0 Å². The van der Waals surface area contributed by atoms with E-state index < -0.39 is 0 Å². The molecule has 0 saturated heterocycles. The van der Waals surface area contributed by atoms with Crippen molar-refractivity contribution < 1.29 is 9.90 Å². The number of phenolic OH excluding ortho intramolecular Hbond substituents is 1. The minimum atomic E-state index is -0.247. The first-order chi connectivity index (χ1) is 7.86. The second kappa shape index (κ2) is 5.08. The van der Waals surface area contributed by atoms with Gasteiger partial charge in [-0.2, -0.15) is 0 Å². The van der Waals surface area contributed by atoms with Crippen molar-refractivity contribution in [3.05, 3.63) is 24.3 Å². The molecule has 2 amide bonds. The van der Waals surface area contributed by atoms with Crippen molar-refractivity contribution in [2.45, 2.75) is 33.2 Å². The van der Waals surface area contributed by atoms with Crippen LogP contribution in [-0.2, 0) is 0 Å². The lowest BCUT2D eigenvalue weighted by molar-refractivity contribution is 0.162. The lowest BCUT2D eigenvalue weighted by Gasteiger charge is -2.34. The maximum Gasteiger partial charge on any atom is 0.322 e. The van der Waals surface area contributed by atoms with Gasteiger partial charge in [0.25, 0.3) is 0 Å². The predicted octanol–water partition coefficient (Wildman–Crippen LogP) is 3.04. The van der Waals surface area contributed by atoms with Crippen LogP contribution < -0.4 is 5.32 Å². The Bertz CT molecular complexity index is 397. The van der Waals surface area contributed by atoms with Gasteiger partial charge in [0.1, 0.15) is 5.75 Å². The molecule has 2 N–H and O–H groups in total. The number of urea groups is 1. The summed E-state index contributed by atoms with van der Waals surface area (Å²) in [5, 5.41) is 12.3. The highest BCUT2D eigenvalue weighted by atomic mass is 16.3. The Morgan fingerprint density at radius 2 is 1.94 bits per heavy atom. The summed E-state index contributed by atoms with van der Waals surface area (Å²) < 4.78 is 0. The zero-order valence-corrected chi connectivity index (χ0v) is 10.8. The summed E-state index contributed by atoms with van der Waals surface area (Å²) in [4.78, 5) is 13.8. The molecule has 0 radical (unpaired) electrons. The van der Waals surface area contributed by atoms with E-state index in [0.29, 0.717) is 12.2 Å². The second-order valence-corrected chi connectivity index (χ2v) is 4.86. The van der Waals surface area contributed by atoms with Crippen LogP contribution in [0.4, 0.5) is 10.5 Å². The second-order valence-electron chi connectivity index (χ2n) is 4.86. The molecule has 0 aromatic heterocycles. The van der Waals surface area contributed by atoms with Crippen molar-refractivity contribution in [1.29, 1.82) is 0 Å². The van der Waals surface area contributed by atoms with E-state index in [9.17, 15) is 9.90 Å². The number of hydrogen-bond acceptors (Lipinski definition) is 2. The number of nitrogens with one attached hydrogen (secondary N) is 1. The first kappa shape index (κ1) is 13.4. The SMILES string of the molecule is CCN(C(=O)Nc1ccccc1O)C(C)(C)C. The fourth-order valence-electron chi connectivity index (χ4n) is 1.68. The van der Waals surface area contributed by atoms with Gasteiger partial charge in [-0.1, -0.05) is 12.1 Å². The maximum absolute atomic E-state index is 12.0.